The first-order chi connectivity index (χ1) is 9.20. The van der Waals surface area contributed by atoms with Gasteiger partial charge in [0.2, 0.25) is 11.8 Å². The van der Waals surface area contributed by atoms with Gasteiger partial charge in [0.1, 0.15) is 0 Å². The fraction of sp³-hybridized carbons (Fsp3) is 0.400. The Kier molecular flexibility index (Phi) is 3.38. The molecule has 0 aliphatic carbocycles. The van der Waals surface area contributed by atoms with E-state index in [1.54, 1.807) is 26.8 Å². The van der Waals surface area contributed by atoms with Crippen LogP contribution in [-0.4, -0.2) is 17.8 Å². The molecule has 1 aliphatic heterocycles. The number of anilines is 1. The van der Waals surface area contributed by atoms with Crippen molar-refractivity contribution >= 4 is 23.5 Å². The van der Waals surface area contributed by atoms with Gasteiger partial charge in [-0.25, -0.2) is 9.69 Å². The lowest BCUT2D eigenvalue weighted by Gasteiger charge is -2.20. The van der Waals surface area contributed by atoms with E-state index >= 15 is 0 Å². The molecule has 5 nitrogen and oxygen atoms in total. The molecule has 0 bridgehead atoms. The number of nitrogens with zero attached hydrogens (tertiary/aromatic N) is 1. The van der Waals surface area contributed by atoms with Crippen molar-refractivity contribution in [3.05, 3.63) is 29.3 Å². The monoisotopic (exact) mass is 274 g/mol. The van der Waals surface area contributed by atoms with Crippen LogP contribution in [0.25, 0.3) is 0 Å². The van der Waals surface area contributed by atoms with E-state index in [9.17, 15) is 14.4 Å². The number of benzene rings is 1. The van der Waals surface area contributed by atoms with Gasteiger partial charge in [0.15, 0.2) is 0 Å². The van der Waals surface area contributed by atoms with Gasteiger partial charge in [0.05, 0.1) is 12.1 Å². The van der Waals surface area contributed by atoms with Crippen LogP contribution in [0.2, 0.25) is 0 Å². The highest BCUT2D eigenvalue weighted by Crippen LogP contribution is 2.29. The Labute approximate surface area is 118 Å². The third-order valence-corrected chi connectivity index (χ3v) is 3.17. The van der Waals surface area contributed by atoms with E-state index in [1.165, 1.54) is 0 Å². The van der Waals surface area contributed by atoms with Crippen LogP contribution in [0.4, 0.5) is 10.5 Å². The van der Waals surface area contributed by atoms with Gasteiger partial charge in [-0.2, -0.15) is 0 Å². The first kappa shape index (κ1) is 14.2. The fourth-order valence-electron chi connectivity index (χ4n) is 2.01. The normalized spacial score (nSPS) is 14.2. The molecule has 4 amide bonds. The summed E-state index contributed by atoms with van der Waals surface area (Å²) in [6.45, 7) is 7.05. The second-order valence-electron chi connectivity index (χ2n) is 6.05. The summed E-state index contributed by atoms with van der Waals surface area (Å²) in [5, 5.41) is 2.27. The van der Waals surface area contributed by atoms with Crippen molar-refractivity contribution in [2.24, 2.45) is 5.41 Å². The summed E-state index contributed by atoms with van der Waals surface area (Å²) in [4.78, 5) is 37.0. The zero-order valence-electron chi connectivity index (χ0n) is 12.1. The van der Waals surface area contributed by atoms with Crippen LogP contribution in [0.3, 0.4) is 0 Å². The summed E-state index contributed by atoms with van der Waals surface area (Å²) in [6.07, 6.45) is 0.189. The average Bonchev–Trinajstić information content (AvgIpc) is 2.62. The van der Waals surface area contributed by atoms with Crippen LogP contribution in [0.15, 0.2) is 18.2 Å². The first-order valence-electron chi connectivity index (χ1n) is 6.48. The zero-order valence-corrected chi connectivity index (χ0v) is 12.1. The number of imide groups is 2. The van der Waals surface area contributed by atoms with Crippen LogP contribution in [0.5, 0.6) is 0 Å². The van der Waals surface area contributed by atoms with Crippen LogP contribution in [-0.2, 0) is 16.0 Å². The number of amides is 4. The third-order valence-electron chi connectivity index (χ3n) is 3.17. The summed E-state index contributed by atoms with van der Waals surface area (Å²) in [6, 6.07) is 4.77. The molecule has 0 atom stereocenters. The maximum atomic E-state index is 12.1. The van der Waals surface area contributed by atoms with Gasteiger partial charge in [-0.3, -0.25) is 14.9 Å². The Morgan fingerprint density at radius 3 is 2.50 bits per heavy atom. The number of nitrogens with one attached hydrogen (secondary N) is 1. The lowest BCUT2D eigenvalue weighted by molar-refractivity contribution is -0.127. The van der Waals surface area contributed by atoms with Crippen molar-refractivity contribution in [2.75, 3.05) is 4.90 Å². The summed E-state index contributed by atoms with van der Waals surface area (Å²) in [5.74, 6) is -0.722. The maximum absolute atomic E-state index is 12.1. The SMILES string of the molecule is Cc1ccc2c(c1)CC(=O)N2C(=O)NC(=O)C(C)(C)C. The summed E-state index contributed by atoms with van der Waals surface area (Å²) >= 11 is 0. The predicted molar refractivity (Wildman–Crippen MR) is 75.4 cm³/mol. The molecule has 5 heteroatoms. The number of hydrogen-bond donors (Lipinski definition) is 1. The van der Waals surface area contributed by atoms with Gasteiger partial charge in [0.25, 0.3) is 0 Å². The van der Waals surface area contributed by atoms with E-state index < -0.39 is 17.4 Å². The van der Waals surface area contributed by atoms with Gasteiger partial charge in [-0.1, -0.05) is 38.5 Å². The number of carbonyl (C=O) groups excluding carboxylic acids is 3. The van der Waals surface area contributed by atoms with Crippen molar-refractivity contribution in [2.45, 2.75) is 34.1 Å². The van der Waals surface area contributed by atoms with E-state index in [4.69, 9.17) is 0 Å². The van der Waals surface area contributed by atoms with Crippen LogP contribution < -0.4 is 10.2 Å². The molecule has 0 spiro atoms. The summed E-state index contributed by atoms with van der Waals surface area (Å²) in [7, 11) is 0. The zero-order chi connectivity index (χ0) is 15.1. The molecule has 1 N–H and O–H groups in total. The molecule has 1 heterocycles. The number of hydrogen-bond acceptors (Lipinski definition) is 3. The quantitative estimate of drug-likeness (QED) is 0.788. The second kappa shape index (κ2) is 4.74. The molecular formula is C15H18N2O3. The minimum atomic E-state index is -0.686. The topological polar surface area (TPSA) is 66.5 Å². The van der Waals surface area contributed by atoms with Gasteiger partial charge < -0.3 is 0 Å². The molecule has 0 radical (unpaired) electrons. The molecule has 20 heavy (non-hydrogen) atoms. The minimum absolute atomic E-state index is 0.189. The number of fused-ring (bicyclic) bond motifs is 1. The summed E-state index contributed by atoms with van der Waals surface area (Å²) in [5.41, 5.74) is 1.71. The molecule has 0 aromatic heterocycles. The van der Waals surface area contributed by atoms with Gasteiger partial charge in [-0.15, -0.1) is 0 Å². The van der Waals surface area contributed by atoms with Crippen molar-refractivity contribution in [3.8, 4) is 0 Å². The molecular weight excluding hydrogens is 256 g/mol. The Morgan fingerprint density at radius 2 is 1.90 bits per heavy atom. The lowest BCUT2D eigenvalue weighted by Crippen LogP contribution is -2.48. The Hall–Kier alpha value is -2.17. The van der Waals surface area contributed by atoms with E-state index in [-0.39, 0.29) is 12.3 Å². The molecule has 2 rings (SSSR count). The van der Waals surface area contributed by atoms with E-state index in [0.29, 0.717) is 5.69 Å². The molecule has 1 aromatic carbocycles. The van der Waals surface area contributed by atoms with Crippen LogP contribution >= 0.6 is 0 Å². The predicted octanol–water partition coefficient (Wildman–Crippen LogP) is 2.17. The highest BCUT2D eigenvalue weighted by Gasteiger charge is 2.34. The number of aryl methyl sites for hydroxylation is 1. The minimum Gasteiger partial charge on any atom is -0.277 e. The van der Waals surface area contributed by atoms with Crippen molar-refractivity contribution in [1.82, 2.24) is 5.32 Å². The van der Waals surface area contributed by atoms with Crippen LogP contribution in [0, 0.1) is 12.3 Å². The first-order valence-corrected chi connectivity index (χ1v) is 6.48. The molecule has 1 aliphatic rings. The highest BCUT2D eigenvalue weighted by molar-refractivity contribution is 6.21. The Bertz CT molecular complexity index is 600. The molecule has 0 saturated carbocycles. The van der Waals surface area contributed by atoms with Gasteiger partial charge in [0, 0.05) is 5.41 Å². The molecule has 1 aromatic rings. The Morgan fingerprint density at radius 1 is 1.25 bits per heavy atom. The van der Waals surface area contributed by atoms with Gasteiger partial charge in [-0.05, 0) is 18.6 Å². The van der Waals surface area contributed by atoms with Crippen molar-refractivity contribution < 1.29 is 14.4 Å². The van der Waals surface area contributed by atoms with E-state index in [1.807, 2.05) is 19.1 Å². The molecule has 0 fully saturated rings. The number of urea groups is 1. The second-order valence-corrected chi connectivity index (χ2v) is 6.05. The van der Waals surface area contributed by atoms with E-state index in [2.05, 4.69) is 5.32 Å². The van der Waals surface area contributed by atoms with E-state index in [0.717, 1.165) is 16.0 Å². The van der Waals surface area contributed by atoms with Crippen LogP contribution in [0.1, 0.15) is 31.9 Å². The van der Waals surface area contributed by atoms with Gasteiger partial charge >= 0.3 is 6.03 Å². The summed E-state index contributed by atoms with van der Waals surface area (Å²) < 4.78 is 0. The lowest BCUT2D eigenvalue weighted by atomic mass is 9.96. The number of rotatable bonds is 0. The molecule has 0 saturated heterocycles. The highest BCUT2D eigenvalue weighted by atomic mass is 16.2. The maximum Gasteiger partial charge on any atom is 0.335 e. The van der Waals surface area contributed by atoms with Crippen molar-refractivity contribution in [3.63, 3.8) is 0 Å². The average molecular weight is 274 g/mol. The largest absolute Gasteiger partial charge is 0.335 e. The molecule has 106 valence electrons. The smallest absolute Gasteiger partial charge is 0.277 e. The Balaban J connectivity index is 2.24. The fourth-order valence-corrected chi connectivity index (χ4v) is 2.01. The molecule has 0 unspecified atom stereocenters. The third kappa shape index (κ3) is 2.57. The van der Waals surface area contributed by atoms with Crippen molar-refractivity contribution in [1.29, 1.82) is 0 Å². The standard InChI is InChI=1S/C15H18N2O3/c1-9-5-6-11-10(7-9)8-12(18)17(11)14(20)16-13(19)15(2,3)4/h5-7H,8H2,1-4H3,(H,16,19,20). The number of carbonyl (C=O) groups is 3.